The highest BCUT2D eigenvalue weighted by Crippen LogP contribution is 2.65. The second-order valence-corrected chi connectivity index (χ2v) is 9.17. The molecule has 0 spiro atoms. The number of allylic oxidation sites excluding steroid dienone is 2. The second-order valence-electron chi connectivity index (χ2n) is 9.17. The molecule has 1 heterocycles. The van der Waals surface area contributed by atoms with Crippen LogP contribution in [0.5, 0.6) is 5.75 Å². The number of hydrogen-bond acceptors (Lipinski definition) is 4. The number of carbonyl (C=O) groups excluding carboxylic acids is 3. The molecule has 6 nitrogen and oxygen atoms in total. The van der Waals surface area contributed by atoms with E-state index >= 15 is 0 Å². The molecule has 2 aromatic carbocycles. The number of carbonyl (C=O) groups is 3. The minimum atomic E-state index is -0.285. The standard InChI is InChI=1S/C26H24N2O4/c1-32-21-10-6-5-9-20(21)27(24(29)15-7-3-2-4-8-15)14-28-25(30)22-16-11-12-17(19-13-18(16)19)23(22)26(28)31/h2-12,16-19,22-23H,13-14H2,1H3/t16-,17-,18-,19+,22+,23+/m0/s1. The molecule has 6 atom stereocenters. The summed E-state index contributed by atoms with van der Waals surface area (Å²) in [6.07, 6.45) is 5.43. The van der Waals surface area contributed by atoms with E-state index in [1.165, 1.54) is 9.80 Å². The number of para-hydroxylation sites is 2. The molecule has 0 N–H and O–H groups in total. The Labute approximate surface area is 186 Å². The molecule has 2 bridgehead atoms. The first-order valence-electron chi connectivity index (χ1n) is 11.1. The van der Waals surface area contributed by atoms with E-state index in [9.17, 15) is 14.4 Å². The summed E-state index contributed by atoms with van der Waals surface area (Å²) < 4.78 is 5.50. The Hall–Kier alpha value is -3.41. The number of ether oxygens (including phenoxy) is 1. The first-order valence-corrected chi connectivity index (χ1v) is 11.1. The summed E-state index contributed by atoms with van der Waals surface area (Å²) in [4.78, 5) is 43.3. The maximum absolute atomic E-state index is 13.5. The van der Waals surface area contributed by atoms with Crippen molar-refractivity contribution in [2.75, 3.05) is 18.7 Å². The lowest BCUT2D eigenvalue weighted by Crippen LogP contribution is -2.45. The van der Waals surface area contributed by atoms with Gasteiger partial charge in [0.15, 0.2) is 0 Å². The lowest BCUT2D eigenvalue weighted by atomic mass is 9.63. The van der Waals surface area contributed by atoms with Gasteiger partial charge in [-0.3, -0.25) is 24.2 Å². The van der Waals surface area contributed by atoms with E-state index in [1.54, 1.807) is 43.5 Å². The van der Waals surface area contributed by atoms with Crippen LogP contribution < -0.4 is 9.64 Å². The zero-order valence-electron chi connectivity index (χ0n) is 17.8. The van der Waals surface area contributed by atoms with Gasteiger partial charge in [-0.05, 0) is 54.4 Å². The molecule has 2 aromatic rings. The third kappa shape index (κ3) is 2.68. The predicted molar refractivity (Wildman–Crippen MR) is 118 cm³/mol. The van der Waals surface area contributed by atoms with Gasteiger partial charge in [0.25, 0.3) is 5.91 Å². The number of likely N-dealkylation sites (tertiary alicyclic amines) is 1. The molecule has 7 rings (SSSR count). The molecule has 3 fully saturated rings. The van der Waals surface area contributed by atoms with Gasteiger partial charge in [-0.2, -0.15) is 0 Å². The molecule has 3 amide bonds. The normalized spacial score (nSPS) is 31.3. The highest BCUT2D eigenvalue weighted by molar-refractivity contribution is 6.10. The van der Waals surface area contributed by atoms with E-state index in [0.717, 1.165) is 6.42 Å². The summed E-state index contributed by atoms with van der Waals surface area (Å²) in [5.41, 5.74) is 1.01. The van der Waals surface area contributed by atoms with Crippen LogP contribution in [0.1, 0.15) is 16.8 Å². The van der Waals surface area contributed by atoms with E-state index in [-0.39, 0.29) is 48.1 Å². The molecule has 0 radical (unpaired) electrons. The number of methoxy groups -OCH3 is 1. The van der Waals surface area contributed by atoms with Crippen molar-refractivity contribution in [1.82, 2.24) is 4.90 Å². The van der Waals surface area contributed by atoms with Crippen LogP contribution in [0.3, 0.4) is 0 Å². The van der Waals surface area contributed by atoms with Gasteiger partial charge in [0.2, 0.25) is 11.8 Å². The van der Waals surface area contributed by atoms with Crippen LogP contribution in [-0.2, 0) is 9.59 Å². The molecular weight excluding hydrogens is 404 g/mol. The van der Waals surface area contributed by atoms with Crippen molar-refractivity contribution in [3.63, 3.8) is 0 Å². The minimum Gasteiger partial charge on any atom is -0.495 e. The number of imide groups is 1. The van der Waals surface area contributed by atoms with Gasteiger partial charge in [0, 0.05) is 5.56 Å². The third-order valence-corrected chi connectivity index (χ3v) is 7.68. The zero-order valence-corrected chi connectivity index (χ0v) is 17.8. The Morgan fingerprint density at radius 1 is 0.938 bits per heavy atom. The summed E-state index contributed by atoms with van der Waals surface area (Å²) in [6.45, 7) is -0.118. The Balaban J connectivity index is 1.36. The Morgan fingerprint density at radius 3 is 2.16 bits per heavy atom. The first kappa shape index (κ1) is 19.3. The Bertz CT molecular complexity index is 1110. The molecule has 0 aromatic heterocycles. The summed E-state index contributed by atoms with van der Waals surface area (Å²) in [7, 11) is 1.54. The van der Waals surface area contributed by atoms with Crippen molar-refractivity contribution in [3.05, 3.63) is 72.3 Å². The molecule has 5 aliphatic rings. The van der Waals surface area contributed by atoms with E-state index in [4.69, 9.17) is 4.74 Å². The van der Waals surface area contributed by atoms with E-state index in [1.807, 2.05) is 18.2 Å². The van der Waals surface area contributed by atoms with Crippen LogP contribution >= 0.6 is 0 Å². The van der Waals surface area contributed by atoms with Gasteiger partial charge in [-0.15, -0.1) is 0 Å². The molecular formula is C26H24N2O4. The summed E-state index contributed by atoms with van der Waals surface area (Å²) >= 11 is 0. The maximum Gasteiger partial charge on any atom is 0.259 e. The highest BCUT2D eigenvalue weighted by atomic mass is 16.5. The Kier molecular flexibility index (Phi) is 4.25. The van der Waals surface area contributed by atoms with Crippen molar-refractivity contribution in [2.45, 2.75) is 6.42 Å². The lowest BCUT2D eigenvalue weighted by molar-refractivity contribution is -0.140. The van der Waals surface area contributed by atoms with Gasteiger partial charge in [-0.1, -0.05) is 42.5 Å². The van der Waals surface area contributed by atoms with Crippen LogP contribution in [0.15, 0.2) is 66.7 Å². The number of hydrogen-bond donors (Lipinski definition) is 0. The topological polar surface area (TPSA) is 66.9 Å². The largest absolute Gasteiger partial charge is 0.495 e. The molecule has 1 saturated heterocycles. The van der Waals surface area contributed by atoms with Crippen molar-refractivity contribution in [3.8, 4) is 5.75 Å². The van der Waals surface area contributed by atoms with Crippen molar-refractivity contribution in [1.29, 1.82) is 0 Å². The summed E-state index contributed by atoms with van der Waals surface area (Å²) in [6, 6.07) is 16.1. The van der Waals surface area contributed by atoms with E-state index < -0.39 is 0 Å². The third-order valence-electron chi connectivity index (χ3n) is 7.68. The predicted octanol–water partition coefficient (Wildman–Crippen LogP) is 3.35. The van der Waals surface area contributed by atoms with Gasteiger partial charge in [0.1, 0.15) is 12.4 Å². The van der Waals surface area contributed by atoms with Crippen LogP contribution in [-0.4, -0.2) is 36.4 Å². The molecule has 162 valence electrons. The lowest BCUT2D eigenvalue weighted by Gasteiger charge is -2.37. The molecule has 6 heteroatoms. The SMILES string of the molecule is COc1ccccc1N(CN1C(=O)[C@@H]2[C@H]3C=C[C@@H]([C@@H]4C[C@H]34)[C@H]2C1=O)C(=O)c1ccccc1. The molecule has 2 saturated carbocycles. The summed E-state index contributed by atoms with van der Waals surface area (Å²) in [5, 5.41) is 0. The van der Waals surface area contributed by atoms with Crippen molar-refractivity contribution in [2.24, 2.45) is 35.5 Å². The van der Waals surface area contributed by atoms with Gasteiger partial charge in [-0.25, -0.2) is 0 Å². The van der Waals surface area contributed by atoms with Crippen LogP contribution in [0.2, 0.25) is 0 Å². The fraction of sp³-hybridized carbons (Fsp3) is 0.346. The smallest absolute Gasteiger partial charge is 0.259 e. The van der Waals surface area contributed by atoms with Gasteiger partial charge < -0.3 is 4.74 Å². The van der Waals surface area contributed by atoms with Gasteiger partial charge in [0.05, 0.1) is 24.6 Å². The average molecular weight is 428 g/mol. The fourth-order valence-electron chi connectivity index (χ4n) is 6.14. The van der Waals surface area contributed by atoms with Crippen LogP contribution in [0.4, 0.5) is 5.69 Å². The minimum absolute atomic E-state index is 0.118. The average Bonchev–Trinajstić information content (AvgIpc) is 3.62. The number of benzene rings is 2. The number of amides is 3. The monoisotopic (exact) mass is 428 g/mol. The molecule has 32 heavy (non-hydrogen) atoms. The number of rotatable bonds is 5. The van der Waals surface area contributed by atoms with Crippen molar-refractivity contribution < 1.29 is 19.1 Å². The summed E-state index contributed by atoms with van der Waals surface area (Å²) in [5.74, 6) is 0.752. The quantitative estimate of drug-likeness (QED) is 0.541. The first-order chi connectivity index (χ1) is 15.6. The number of nitrogens with zero attached hydrogens (tertiary/aromatic N) is 2. The molecule has 4 aliphatic carbocycles. The van der Waals surface area contributed by atoms with Crippen LogP contribution in [0.25, 0.3) is 0 Å². The molecule has 1 aliphatic heterocycles. The fourth-order valence-corrected chi connectivity index (χ4v) is 6.14. The van der Waals surface area contributed by atoms with E-state index in [2.05, 4.69) is 12.2 Å². The maximum atomic E-state index is 13.5. The second kappa shape index (κ2) is 7.05. The van der Waals surface area contributed by atoms with E-state index in [0.29, 0.717) is 28.8 Å². The van der Waals surface area contributed by atoms with Gasteiger partial charge >= 0.3 is 0 Å². The highest BCUT2D eigenvalue weighted by Gasteiger charge is 2.67. The van der Waals surface area contributed by atoms with Crippen molar-refractivity contribution >= 4 is 23.4 Å². The Morgan fingerprint density at radius 2 is 1.53 bits per heavy atom. The zero-order chi connectivity index (χ0) is 22.0. The van der Waals surface area contributed by atoms with Crippen LogP contribution in [0, 0.1) is 35.5 Å². The number of anilines is 1. The molecule has 0 unspecified atom stereocenters.